The Bertz CT molecular complexity index is 299. The van der Waals surface area contributed by atoms with Crippen molar-refractivity contribution in [1.82, 2.24) is 10.6 Å². The topological polar surface area (TPSA) is 78.4 Å². The van der Waals surface area contributed by atoms with Crippen molar-refractivity contribution in [1.29, 1.82) is 0 Å². The molecule has 0 heterocycles. The number of amides is 1. The van der Waals surface area contributed by atoms with Crippen molar-refractivity contribution in [2.45, 2.75) is 64.6 Å². The van der Waals surface area contributed by atoms with E-state index in [0.29, 0.717) is 0 Å². The van der Waals surface area contributed by atoms with E-state index < -0.39 is 18.1 Å². The van der Waals surface area contributed by atoms with Crippen LogP contribution in [0.2, 0.25) is 0 Å². The lowest BCUT2D eigenvalue weighted by molar-refractivity contribution is -0.141. The Balaban J connectivity index is 2.44. The van der Waals surface area contributed by atoms with E-state index in [1.165, 1.54) is 0 Å². The third kappa shape index (κ3) is 4.29. The van der Waals surface area contributed by atoms with Gasteiger partial charge in [-0.1, -0.05) is 26.7 Å². The van der Waals surface area contributed by atoms with Crippen molar-refractivity contribution in [2.24, 2.45) is 5.92 Å². The molecule has 1 aliphatic rings. The SMILES string of the molecule is CC(NC(C(=O)O)C(C)C)C(=O)NC1CCCC1. The molecule has 104 valence electrons. The van der Waals surface area contributed by atoms with Crippen LogP contribution >= 0.6 is 0 Å². The quantitative estimate of drug-likeness (QED) is 0.665. The van der Waals surface area contributed by atoms with Crippen LogP contribution in [0.1, 0.15) is 46.5 Å². The Morgan fingerprint density at radius 2 is 1.72 bits per heavy atom. The van der Waals surface area contributed by atoms with Gasteiger partial charge in [0.2, 0.25) is 5.91 Å². The highest BCUT2D eigenvalue weighted by atomic mass is 16.4. The third-order valence-electron chi connectivity index (χ3n) is 3.46. The predicted molar refractivity (Wildman–Crippen MR) is 69.3 cm³/mol. The molecule has 1 rings (SSSR count). The van der Waals surface area contributed by atoms with Crippen molar-refractivity contribution in [3.63, 3.8) is 0 Å². The molecule has 5 heteroatoms. The average molecular weight is 256 g/mol. The summed E-state index contributed by atoms with van der Waals surface area (Å²) in [5, 5.41) is 14.9. The fourth-order valence-corrected chi connectivity index (χ4v) is 2.29. The monoisotopic (exact) mass is 256 g/mol. The first-order valence-corrected chi connectivity index (χ1v) is 6.71. The van der Waals surface area contributed by atoms with Crippen LogP contribution in [0, 0.1) is 5.92 Å². The minimum absolute atomic E-state index is 0.0516. The first-order valence-electron chi connectivity index (χ1n) is 6.71. The first-order chi connectivity index (χ1) is 8.41. The van der Waals surface area contributed by atoms with E-state index in [0.717, 1.165) is 25.7 Å². The molecule has 0 spiro atoms. The molecule has 3 N–H and O–H groups in total. The molecule has 0 aromatic heterocycles. The second kappa shape index (κ2) is 6.73. The van der Waals surface area contributed by atoms with Crippen molar-refractivity contribution in [3.8, 4) is 0 Å². The molecule has 18 heavy (non-hydrogen) atoms. The second-order valence-electron chi connectivity index (χ2n) is 5.44. The molecule has 0 aromatic rings. The molecule has 0 bridgehead atoms. The number of carbonyl (C=O) groups excluding carboxylic acids is 1. The van der Waals surface area contributed by atoms with Crippen molar-refractivity contribution >= 4 is 11.9 Å². The number of carbonyl (C=O) groups is 2. The standard InChI is InChI=1S/C13H24N2O3/c1-8(2)11(13(17)18)14-9(3)12(16)15-10-6-4-5-7-10/h8-11,14H,4-7H2,1-3H3,(H,15,16)(H,17,18). The lowest BCUT2D eigenvalue weighted by Crippen LogP contribution is -2.52. The number of rotatable bonds is 6. The van der Waals surface area contributed by atoms with Crippen LogP contribution < -0.4 is 10.6 Å². The zero-order valence-corrected chi connectivity index (χ0v) is 11.4. The number of hydrogen-bond acceptors (Lipinski definition) is 3. The van der Waals surface area contributed by atoms with Crippen molar-refractivity contribution < 1.29 is 14.7 Å². The summed E-state index contributed by atoms with van der Waals surface area (Å²) in [4.78, 5) is 23.0. The summed E-state index contributed by atoms with van der Waals surface area (Å²) in [6.07, 6.45) is 4.39. The number of aliphatic carboxylic acids is 1. The lowest BCUT2D eigenvalue weighted by Gasteiger charge is -2.23. The molecule has 0 saturated heterocycles. The van der Waals surface area contributed by atoms with Crippen molar-refractivity contribution in [2.75, 3.05) is 0 Å². The third-order valence-corrected chi connectivity index (χ3v) is 3.46. The Morgan fingerprint density at radius 1 is 1.17 bits per heavy atom. The van der Waals surface area contributed by atoms with Gasteiger partial charge < -0.3 is 10.4 Å². The van der Waals surface area contributed by atoms with Gasteiger partial charge in [-0.2, -0.15) is 0 Å². The highest BCUT2D eigenvalue weighted by Crippen LogP contribution is 2.17. The Morgan fingerprint density at radius 3 is 2.17 bits per heavy atom. The molecule has 1 amide bonds. The fourth-order valence-electron chi connectivity index (χ4n) is 2.29. The van der Waals surface area contributed by atoms with E-state index in [9.17, 15) is 9.59 Å². The largest absolute Gasteiger partial charge is 0.480 e. The van der Waals surface area contributed by atoms with E-state index in [1.807, 2.05) is 13.8 Å². The highest BCUT2D eigenvalue weighted by Gasteiger charge is 2.27. The fraction of sp³-hybridized carbons (Fsp3) is 0.846. The molecule has 2 atom stereocenters. The van der Waals surface area contributed by atoms with Gasteiger partial charge in [0.25, 0.3) is 0 Å². The smallest absolute Gasteiger partial charge is 0.320 e. The minimum atomic E-state index is -0.912. The van der Waals surface area contributed by atoms with Gasteiger partial charge in [0.15, 0.2) is 0 Å². The summed E-state index contributed by atoms with van der Waals surface area (Å²) in [6.45, 7) is 5.36. The molecule has 0 aromatic carbocycles. The maximum Gasteiger partial charge on any atom is 0.320 e. The van der Waals surface area contributed by atoms with Crippen LogP contribution in [0.3, 0.4) is 0 Å². The molecule has 0 radical (unpaired) electrons. The molecular formula is C13H24N2O3. The van der Waals surface area contributed by atoms with Gasteiger partial charge >= 0.3 is 5.97 Å². The van der Waals surface area contributed by atoms with E-state index in [1.54, 1.807) is 6.92 Å². The Hall–Kier alpha value is -1.10. The highest BCUT2D eigenvalue weighted by molar-refractivity contribution is 5.83. The molecule has 2 unspecified atom stereocenters. The number of carboxylic acid groups (broad SMARTS) is 1. The van der Waals surface area contributed by atoms with E-state index in [4.69, 9.17) is 5.11 Å². The summed E-state index contributed by atoms with van der Waals surface area (Å²) < 4.78 is 0. The first kappa shape index (κ1) is 15.0. The maximum atomic E-state index is 11.9. The summed E-state index contributed by atoms with van der Waals surface area (Å²) in [5.41, 5.74) is 0. The van der Waals surface area contributed by atoms with Gasteiger partial charge in [-0.05, 0) is 25.7 Å². The summed E-state index contributed by atoms with van der Waals surface area (Å²) in [6, 6.07) is -0.896. The van der Waals surface area contributed by atoms with Gasteiger partial charge in [0, 0.05) is 6.04 Å². The van der Waals surface area contributed by atoms with Crippen LogP contribution in [-0.4, -0.2) is 35.1 Å². The number of hydrogen-bond donors (Lipinski definition) is 3. The normalized spacial score (nSPS) is 19.8. The van der Waals surface area contributed by atoms with Gasteiger partial charge in [-0.25, -0.2) is 0 Å². The van der Waals surface area contributed by atoms with Crippen LogP contribution in [0.15, 0.2) is 0 Å². The molecule has 1 saturated carbocycles. The Labute approximate surface area is 108 Å². The van der Waals surface area contributed by atoms with E-state index >= 15 is 0 Å². The number of carboxylic acids is 1. The van der Waals surface area contributed by atoms with Crippen molar-refractivity contribution in [3.05, 3.63) is 0 Å². The van der Waals surface area contributed by atoms with Crippen LogP contribution in [-0.2, 0) is 9.59 Å². The second-order valence-corrected chi connectivity index (χ2v) is 5.44. The van der Waals surface area contributed by atoms with Gasteiger partial charge in [0.1, 0.15) is 6.04 Å². The van der Waals surface area contributed by atoms with Crippen LogP contribution in [0.4, 0.5) is 0 Å². The summed E-state index contributed by atoms with van der Waals surface area (Å²) >= 11 is 0. The zero-order chi connectivity index (χ0) is 13.7. The molecule has 0 aliphatic heterocycles. The van der Waals surface area contributed by atoms with Gasteiger partial charge in [-0.3, -0.25) is 14.9 Å². The van der Waals surface area contributed by atoms with E-state index in [-0.39, 0.29) is 17.9 Å². The maximum absolute atomic E-state index is 11.9. The molecule has 1 aliphatic carbocycles. The van der Waals surface area contributed by atoms with Crippen LogP contribution in [0.5, 0.6) is 0 Å². The van der Waals surface area contributed by atoms with E-state index in [2.05, 4.69) is 10.6 Å². The number of nitrogens with one attached hydrogen (secondary N) is 2. The molecular weight excluding hydrogens is 232 g/mol. The van der Waals surface area contributed by atoms with Crippen LogP contribution in [0.25, 0.3) is 0 Å². The minimum Gasteiger partial charge on any atom is -0.480 e. The zero-order valence-electron chi connectivity index (χ0n) is 11.4. The summed E-state index contributed by atoms with van der Waals surface area (Å²) in [7, 11) is 0. The summed E-state index contributed by atoms with van der Waals surface area (Å²) in [5.74, 6) is -1.07. The van der Waals surface area contributed by atoms with Gasteiger partial charge in [0.05, 0.1) is 6.04 Å². The molecule has 5 nitrogen and oxygen atoms in total. The van der Waals surface area contributed by atoms with Gasteiger partial charge in [-0.15, -0.1) is 0 Å². The lowest BCUT2D eigenvalue weighted by atomic mass is 10.0. The molecule has 1 fully saturated rings. The Kier molecular flexibility index (Phi) is 5.59. The average Bonchev–Trinajstić information content (AvgIpc) is 2.77. The predicted octanol–water partition coefficient (Wildman–Crippen LogP) is 1.13.